The van der Waals surface area contributed by atoms with E-state index < -0.39 is 0 Å². The van der Waals surface area contributed by atoms with Crippen molar-refractivity contribution >= 4 is 18.3 Å². The first-order chi connectivity index (χ1) is 13.6. The first-order valence-corrected chi connectivity index (χ1v) is 8.36. The van der Waals surface area contributed by atoms with Gasteiger partial charge in [-0.25, -0.2) is 14.4 Å². The first-order valence-electron chi connectivity index (χ1n) is 8.36. The molecule has 0 saturated heterocycles. The third-order valence-corrected chi connectivity index (χ3v) is 3.66. The lowest BCUT2D eigenvalue weighted by Gasteiger charge is -2.04. The molecule has 0 aliphatic carbocycles. The Morgan fingerprint density at radius 3 is 2.75 bits per heavy atom. The van der Waals surface area contributed by atoms with Gasteiger partial charge in [-0.3, -0.25) is 4.99 Å². The van der Waals surface area contributed by atoms with Crippen LogP contribution >= 0.6 is 0 Å². The molecule has 0 fully saturated rings. The first kappa shape index (κ1) is 20.7. The summed E-state index contributed by atoms with van der Waals surface area (Å²) in [5.41, 5.74) is 13.9. The van der Waals surface area contributed by atoms with Gasteiger partial charge in [0.15, 0.2) is 5.84 Å². The Labute approximate surface area is 162 Å². The molecule has 0 spiro atoms. The monoisotopic (exact) mass is 383 g/mol. The van der Waals surface area contributed by atoms with Crippen molar-refractivity contribution in [2.75, 3.05) is 13.6 Å². The lowest BCUT2D eigenvalue weighted by atomic mass is 10.2. The molecule has 0 saturated carbocycles. The number of nitrogens with zero attached hydrogens (tertiary/aromatic N) is 4. The van der Waals surface area contributed by atoms with E-state index in [9.17, 15) is 4.39 Å². The highest BCUT2D eigenvalue weighted by atomic mass is 19.1. The zero-order valence-corrected chi connectivity index (χ0v) is 15.5. The number of amidine groups is 1. The zero-order chi connectivity index (χ0) is 20.4. The van der Waals surface area contributed by atoms with E-state index in [1.54, 1.807) is 31.3 Å². The quantitative estimate of drug-likeness (QED) is 0.473. The van der Waals surface area contributed by atoms with Crippen LogP contribution in [0.2, 0.25) is 0 Å². The Balaban J connectivity index is 2.37. The fraction of sp³-hybridized carbons (Fsp3) is 0.158. The molecule has 0 atom stereocenters. The predicted octanol–water partition coefficient (Wildman–Crippen LogP) is 1.76. The zero-order valence-electron chi connectivity index (χ0n) is 15.5. The molecule has 1 aromatic heterocycles. The standard InChI is InChI=1S/C19H22FN7O/c1-23-14(10-21)12-26-19(24-2)16(22)9-18(17-7-8-28-27-17)25-11-13-5-3-4-6-15(13)20/h3-9,12,23H,2,10-11,21-22H2,1H3/b14-12+,16-9?,25-18?,26-19?. The second-order valence-corrected chi connectivity index (χ2v) is 5.50. The van der Waals surface area contributed by atoms with E-state index in [-0.39, 0.29) is 30.4 Å². The lowest BCUT2D eigenvalue weighted by molar-refractivity contribution is 0.418. The van der Waals surface area contributed by atoms with E-state index in [2.05, 4.69) is 32.2 Å². The number of hydrogen-bond acceptors (Lipinski definition) is 7. The van der Waals surface area contributed by atoms with Gasteiger partial charge in [0.05, 0.1) is 18.0 Å². The van der Waals surface area contributed by atoms with Crippen LogP contribution in [0.5, 0.6) is 0 Å². The number of nitrogens with two attached hydrogens (primary N) is 2. The fourth-order valence-corrected chi connectivity index (χ4v) is 2.12. The average molecular weight is 383 g/mol. The maximum absolute atomic E-state index is 13.9. The molecule has 2 rings (SSSR count). The van der Waals surface area contributed by atoms with Crippen molar-refractivity contribution in [3.05, 3.63) is 77.3 Å². The highest BCUT2D eigenvalue weighted by molar-refractivity contribution is 6.13. The van der Waals surface area contributed by atoms with Crippen LogP contribution in [0, 0.1) is 5.82 Å². The second kappa shape index (κ2) is 10.5. The van der Waals surface area contributed by atoms with Crippen LogP contribution in [0.1, 0.15) is 11.3 Å². The van der Waals surface area contributed by atoms with Crippen LogP contribution in [-0.2, 0) is 6.54 Å². The molecule has 0 radical (unpaired) electrons. The minimum absolute atomic E-state index is 0.101. The molecule has 1 heterocycles. The van der Waals surface area contributed by atoms with E-state index in [1.807, 2.05) is 0 Å². The van der Waals surface area contributed by atoms with Gasteiger partial charge in [0.25, 0.3) is 0 Å². The van der Waals surface area contributed by atoms with Gasteiger partial charge >= 0.3 is 0 Å². The molecule has 8 nitrogen and oxygen atoms in total. The topological polar surface area (TPSA) is 127 Å². The van der Waals surface area contributed by atoms with E-state index in [1.165, 1.54) is 24.6 Å². The Morgan fingerprint density at radius 1 is 1.36 bits per heavy atom. The highest BCUT2D eigenvalue weighted by Crippen LogP contribution is 2.10. The Kier molecular flexibility index (Phi) is 7.79. The molecular weight excluding hydrogens is 361 g/mol. The maximum atomic E-state index is 13.9. The third kappa shape index (κ3) is 5.71. The lowest BCUT2D eigenvalue weighted by Crippen LogP contribution is -2.16. The summed E-state index contributed by atoms with van der Waals surface area (Å²) in [6.45, 7) is 3.86. The molecule has 0 bridgehead atoms. The molecule has 5 N–H and O–H groups in total. The number of nitrogens with one attached hydrogen (secondary N) is 1. The molecule has 1 aromatic carbocycles. The van der Waals surface area contributed by atoms with Gasteiger partial charge in [-0.2, -0.15) is 0 Å². The molecule has 0 aliphatic rings. The number of benzene rings is 1. The number of aromatic nitrogens is 1. The van der Waals surface area contributed by atoms with Crippen LogP contribution in [0.3, 0.4) is 0 Å². The number of rotatable bonds is 8. The summed E-state index contributed by atoms with van der Waals surface area (Å²) in [6.07, 6.45) is 4.44. The van der Waals surface area contributed by atoms with Gasteiger partial charge in [-0.15, -0.1) is 0 Å². The van der Waals surface area contributed by atoms with Gasteiger partial charge in [0, 0.05) is 37.1 Å². The highest BCUT2D eigenvalue weighted by Gasteiger charge is 2.09. The van der Waals surface area contributed by atoms with Crippen molar-refractivity contribution in [3.63, 3.8) is 0 Å². The minimum atomic E-state index is -0.343. The predicted molar refractivity (Wildman–Crippen MR) is 109 cm³/mol. The van der Waals surface area contributed by atoms with Crippen molar-refractivity contribution in [2.24, 2.45) is 26.4 Å². The summed E-state index contributed by atoms with van der Waals surface area (Å²) in [4.78, 5) is 12.4. The van der Waals surface area contributed by atoms with Crippen LogP contribution in [0.15, 0.2) is 79.8 Å². The van der Waals surface area contributed by atoms with Crippen molar-refractivity contribution in [1.29, 1.82) is 0 Å². The largest absolute Gasteiger partial charge is 0.396 e. The smallest absolute Gasteiger partial charge is 0.174 e. The number of aliphatic imine (C=N–C) groups is 3. The Hall–Kier alpha value is -3.59. The number of allylic oxidation sites excluding steroid dienone is 1. The fourth-order valence-electron chi connectivity index (χ4n) is 2.12. The minimum Gasteiger partial charge on any atom is -0.396 e. The van der Waals surface area contributed by atoms with E-state index in [0.717, 1.165) is 0 Å². The maximum Gasteiger partial charge on any atom is 0.174 e. The molecular formula is C19H22FN7O. The summed E-state index contributed by atoms with van der Waals surface area (Å²) < 4.78 is 18.7. The van der Waals surface area contributed by atoms with E-state index in [4.69, 9.17) is 16.0 Å². The van der Waals surface area contributed by atoms with E-state index in [0.29, 0.717) is 22.7 Å². The van der Waals surface area contributed by atoms with Gasteiger partial charge in [0.2, 0.25) is 0 Å². The molecule has 0 amide bonds. The van der Waals surface area contributed by atoms with Gasteiger partial charge in [0.1, 0.15) is 17.8 Å². The van der Waals surface area contributed by atoms with Crippen LogP contribution < -0.4 is 16.8 Å². The molecule has 0 unspecified atom stereocenters. The SMILES string of the molecule is C=NC(=N/C=C(\CN)NC)C(N)=CC(=NCc1ccccc1F)c1ccon1. The number of halogens is 1. The normalized spacial score (nSPS) is 13.5. The number of hydrogen-bond donors (Lipinski definition) is 3. The van der Waals surface area contributed by atoms with Crippen LogP contribution in [0.4, 0.5) is 4.39 Å². The summed E-state index contributed by atoms with van der Waals surface area (Å²) in [6, 6.07) is 8.01. The van der Waals surface area contributed by atoms with Crippen molar-refractivity contribution in [2.45, 2.75) is 6.54 Å². The van der Waals surface area contributed by atoms with Crippen LogP contribution in [0.25, 0.3) is 0 Å². The second-order valence-electron chi connectivity index (χ2n) is 5.50. The number of likely N-dealkylation sites (N-methyl/N-ethyl adjacent to an activating group) is 1. The summed E-state index contributed by atoms with van der Waals surface area (Å²) >= 11 is 0. The Bertz CT molecular complexity index is 908. The third-order valence-electron chi connectivity index (χ3n) is 3.66. The van der Waals surface area contributed by atoms with Crippen molar-refractivity contribution < 1.29 is 8.91 Å². The van der Waals surface area contributed by atoms with Crippen molar-refractivity contribution in [1.82, 2.24) is 10.5 Å². The van der Waals surface area contributed by atoms with Gasteiger partial charge < -0.3 is 21.3 Å². The molecule has 2 aromatic rings. The molecule has 0 aliphatic heterocycles. The van der Waals surface area contributed by atoms with E-state index >= 15 is 0 Å². The molecule has 28 heavy (non-hydrogen) atoms. The molecule has 9 heteroatoms. The van der Waals surface area contributed by atoms with Gasteiger partial charge in [-0.1, -0.05) is 23.4 Å². The molecule has 146 valence electrons. The summed E-state index contributed by atoms with van der Waals surface area (Å²) in [5, 5.41) is 6.77. The summed E-state index contributed by atoms with van der Waals surface area (Å²) in [7, 11) is 1.73. The summed E-state index contributed by atoms with van der Waals surface area (Å²) in [5.74, 6) is -0.160. The Morgan fingerprint density at radius 2 is 2.14 bits per heavy atom. The van der Waals surface area contributed by atoms with Gasteiger partial charge in [-0.05, 0) is 18.9 Å². The average Bonchev–Trinajstić information content (AvgIpc) is 3.24. The van der Waals surface area contributed by atoms with Crippen LogP contribution in [-0.4, -0.2) is 37.0 Å². The van der Waals surface area contributed by atoms with Crippen molar-refractivity contribution in [3.8, 4) is 0 Å².